The molecule has 23 heavy (non-hydrogen) atoms. The lowest BCUT2D eigenvalue weighted by atomic mass is 10.3. The normalized spacial score (nSPS) is 10.3. The predicted octanol–water partition coefficient (Wildman–Crippen LogP) is 3.96. The van der Waals surface area contributed by atoms with E-state index in [2.05, 4.69) is 15.6 Å². The molecule has 0 radical (unpaired) electrons. The fourth-order valence-corrected chi connectivity index (χ4v) is 3.02. The van der Waals surface area contributed by atoms with Crippen LogP contribution in [0.4, 0.5) is 15.6 Å². The van der Waals surface area contributed by atoms with Gasteiger partial charge in [-0.05, 0) is 24.3 Å². The Morgan fingerprint density at radius 1 is 1.00 bits per heavy atom. The molecule has 0 atom stereocenters. The number of methoxy groups -OCH3 is 2. The number of nitrogens with zero attached hydrogens (tertiary/aromatic N) is 1. The van der Waals surface area contributed by atoms with Crippen molar-refractivity contribution in [2.24, 2.45) is 0 Å². The summed E-state index contributed by atoms with van der Waals surface area (Å²) in [5.41, 5.74) is 1.32. The maximum Gasteiger partial charge on any atom is 0.325 e. The molecule has 118 valence electrons. The van der Waals surface area contributed by atoms with E-state index in [-0.39, 0.29) is 6.03 Å². The van der Waals surface area contributed by atoms with E-state index in [0.717, 1.165) is 10.2 Å². The zero-order chi connectivity index (χ0) is 16.2. The van der Waals surface area contributed by atoms with Gasteiger partial charge < -0.3 is 14.8 Å². The Bertz CT molecular complexity index is 847. The van der Waals surface area contributed by atoms with Gasteiger partial charge in [0, 0.05) is 0 Å². The third-order valence-electron chi connectivity index (χ3n) is 3.18. The molecular weight excluding hydrogens is 314 g/mol. The molecule has 3 rings (SSSR count). The summed E-state index contributed by atoms with van der Waals surface area (Å²) in [7, 11) is 3.15. The fourth-order valence-electron chi connectivity index (χ4n) is 2.14. The highest BCUT2D eigenvalue weighted by Crippen LogP contribution is 2.32. The van der Waals surface area contributed by atoms with Crippen LogP contribution in [0.1, 0.15) is 0 Å². The average Bonchev–Trinajstić information content (AvgIpc) is 2.97. The van der Waals surface area contributed by atoms with Crippen LogP contribution >= 0.6 is 11.3 Å². The molecule has 0 saturated carbocycles. The van der Waals surface area contributed by atoms with E-state index in [1.165, 1.54) is 11.3 Å². The van der Waals surface area contributed by atoms with Crippen molar-refractivity contribution in [2.75, 3.05) is 24.9 Å². The van der Waals surface area contributed by atoms with Crippen LogP contribution in [0, 0.1) is 0 Å². The van der Waals surface area contributed by atoms with Gasteiger partial charge >= 0.3 is 6.03 Å². The molecule has 0 bridgehead atoms. The Morgan fingerprint density at radius 2 is 1.74 bits per heavy atom. The number of fused-ring (bicyclic) bond motifs is 1. The minimum atomic E-state index is -0.382. The molecule has 2 amide bonds. The van der Waals surface area contributed by atoms with Crippen LogP contribution in [0.15, 0.2) is 42.5 Å². The van der Waals surface area contributed by atoms with E-state index in [4.69, 9.17) is 9.47 Å². The zero-order valence-corrected chi connectivity index (χ0v) is 13.4. The number of carbonyl (C=O) groups is 1. The number of carbonyl (C=O) groups excluding carboxylic acids is 1. The molecular formula is C16H15N3O3S. The summed E-state index contributed by atoms with van der Waals surface area (Å²) in [5, 5.41) is 5.97. The summed E-state index contributed by atoms with van der Waals surface area (Å²) in [6.45, 7) is 0. The van der Waals surface area contributed by atoms with Gasteiger partial charge in [0.05, 0.1) is 24.6 Å². The number of hydrogen-bond acceptors (Lipinski definition) is 5. The number of thiazole rings is 1. The van der Waals surface area contributed by atoms with Gasteiger partial charge in [0.2, 0.25) is 0 Å². The van der Waals surface area contributed by atoms with E-state index in [9.17, 15) is 4.79 Å². The summed E-state index contributed by atoms with van der Waals surface area (Å²) in [6, 6.07) is 12.5. The van der Waals surface area contributed by atoms with Gasteiger partial charge in [-0.25, -0.2) is 9.78 Å². The van der Waals surface area contributed by atoms with Gasteiger partial charge in [-0.3, -0.25) is 5.32 Å². The highest BCUT2D eigenvalue weighted by molar-refractivity contribution is 7.22. The van der Waals surface area contributed by atoms with Crippen molar-refractivity contribution >= 4 is 38.4 Å². The molecule has 0 aliphatic carbocycles. The number of benzene rings is 2. The van der Waals surface area contributed by atoms with Crippen LogP contribution in [0.5, 0.6) is 11.5 Å². The minimum absolute atomic E-state index is 0.382. The van der Waals surface area contributed by atoms with E-state index >= 15 is 0 Å². The highest BCUT2D eigenvalue weighted by Gasteiger charge is 2.12. The van der Waals surface area contributed by atoms with Crippen molar-refractivity contribution in [3.8, 4) is 11.5 Å². The van der Waals surface area contributed by atoms with Crippen LogP contribution in [-0.2, 0) is 0 Å². The first-order chi connectivity index (χ1) is 11.2. The van der Waals surface area contributed by atoms with Gasteiger partial charge in [-0.15, -0.1) is 0 Å². The first-order valence-corrected chi connectivity index (χ1v) is 7.67. The second-order valence-corrected chi connectivity index (χ2v) is 5.64. The zero-order valence-electron chi connectivity index (χ0n) is 12.6. The fraction of sp³-hybridized carbons (Fsp3) is 0.125. The summed E-state index contributed by atoms with van der Waals surface area (Å²) in [6.07, 6.45) is 0. The first-order valence-electron chi connectivity index (χ1n) is 6.86. The number of rotatable bonds is 4. The van der Waals surface area contributed by atoms with E-state index in [1.54, 1.807) is 26.4 Å². The maximum absolute atomic E-state index is 12.1. The molecule has 3 aromatic rings. The van der Waals surface area contributed by atoms with Crippen molar-refractivity contribution < 1.29 is 14.3 Å². The summed E-state index contributed by atoms with van der Waals surface area (Å²) in [5.74, 6) is 1.27. The van der Waals surface area contributed by atoms with Gasteiger partial charge in [0.15, 0.2) is 5.13 Å². The molecule has 0 unspecified atom stereocenters. The van der Waals surface area contributed by atoms with Crippen LogP contribution in [0.2, 0.25) is 0 Å². The number of aromatic nitrogens is 1. The lowest BCUT2D eigenvalue weighted by molar-refractivity contribution is 0.262. The molecule has 2 N–H and O–H groups in total. The van der Waals surface area contributed by atoms with Crippen LogP contribution in [-0.4, -0.2) is 25.2 Å². The quantitative estimate of drug-likeness (QED) is 0.760. The van der Waals surface area contributed by atoms with Gasteiger partial charge in [-0.1, -0.05) is 29.5 Å². The van der Waals surface area contributed by atoms with Crippen molar-refractivity contribution in [3.63, 3.8) is 0 Å². The molecule has 1 aromatic heterocycles. The number of nitrogens with one attached hydrogen (secondary N) is 2. The van der Waals surface area contributed by atoms with Crippen molar-refractivity contribution in [2.45, 2.75) is 0 Å². The molecule has 6 nitrogen and oxygen atoms in total. The van der Waals surface area contributed by atoms with Crippen LogP contribution in [0.25, 0.3) is 10.2 Å². The molecule has 0 fully saturated rings. The Kier molecular flexibility index (Phi) is 4.29. The topological polar surface area (TPSA) is 72.5 Å². The van der Waals surface area contributed by atoms with Crippen molar-refractivity contribution in [3.05, 3.63) is 42.5 Å². The van der Waals surface area contributed by atoms with Gasteiger partial charge in [0.25, 0.3) is 0 Å². The number of hydrogen-bond donors (Lipinski definition) is 2. The predicted molar refractivity (Wildman–Crippen MR) is 91.8 cm³/mol. The Hall–Kier alpha value is -2.80. The minimum Gasteiger partial charge on any atom is -0.495 e. The van der Waals surface area contributed by atoms with E-state index in [0.29, 0.717) is 22.3 Å². The third kappa shape index (κ3) is 3.19. The molecule has 0 aliphatic rings. The Balaban J connectivity index is 1.78. The molecule has 0 spiro atoms. The number of anilines is 2. The van der Waals surface area contributed by atoms with Crippen LogP contribution in [0.3, 0.4) is 0 Å². The summed E-state index contributed by atoms with van der Waals surface area (Å²) >= 11 is 1.38. The smallest absolute Gasteiger partial charge is 0.325 e. The monoisotopic (exact) mass is 329 g/mol. The average molecular weight is 329 g/mol. The van der Waals surface area contributed by atoms with Gasteiger partial charge in [-0.2, -0.15) is 0 Å². The lowest BCUT2D eigenvalue weighted by Crippen LogP contribution is -2.19. The molecule has 0 saturated heterocycles. The summed E-state index contributed by atoms with van der Waals surface area (Å²) < 4.78 is 11.4. The number of para-hydroxylation sites is 3. The second kappa shape index (κ2) is 6.53. The van der Waals surface area contributed by atoms with E-state index in [1.807, 2.05) is 30.3 Å². The number of amides is 2. The first kappa shape index (κ1) is 15.1. The van der Waals surface area contributed by atoms with E-state index < -0.39 is 0 Å². The maximum atomic E-state index is 12.1. The molecule has 2 aromatic carbocycles. The number of ether oxygens (including phenoxy) is 2. The Morgan fingerprint density at radius 3 is 2.52 bits per heavy atom. The SMILES string of the molecule is COc1ccccc1NC(=O)Nc1nc2c(OC)cccc2s1. The second-order valence-electron chi connectivity index (χ2n) is 4.61. The largest absolute Gasteiger partial charge is 0.495 e. The van der Waals surface area contributed by atoms with Crippen molar-refractivity contribution in [1.82, 2.24) is 4.98 Å². The number of urea groups is 1. The highest BCUT2D eigenvalue weighted by atomic mass is 32.1. The van der Waals surface area contributed by atoms with Crippen LogP contribution < -0.4 is 20.1 Å². The summed E-state index contributed by atoms with van der Waals surface area (Å²) in [4.78, 5) is 16.5. The van der Waals surface area contributed by atoms with Crippen molar-refractivity contribution in [1.29, 1.82) is 0 Å². The Labute approximate surface area is 137 Å². The standard InChI is InChI=1S/C16H15N3O3S/c1-21-11-7-4-3-6-10(11)17-15(20)19-16-18-14-12(22-2)8-5-9-13(14)23-16/h3-9H,1-2H3,(H2,17,18,19,20). The molecule has 7 heteroatoms. The molecule has 0 aliphatic heterocycles. The van der Waals surface area contributed by atoms with Gasteiger partial charge in [0.1, 0.15) is 17.0 Å². The third-order valence-corrected chi connectivity index (χ3v) is 4.11. The lowest BCUT2D eigenvalue weighted by Gasteiger charge is -2.09. The molecule has 1 heterocycles.